The van der Waals surface area contributed by atoms with E-state index in [1.807, 2.05) is 19.8 Å². The minimum atomic E-state index is -2.11. The van der Waals surface area contributed by atoms with Crippen LogP contribution in [0.2, 0.25) is 14.8 Å². The number of thiophene rings is 1. The third-order valence-electron chi connectivity index (χ3n) is 5.26. The van der Waals surface area contributed by atoms with Gasteiger partial charge in [0, 0.05) is 0 Å². The normalized spacial score (nSPS) is 19.8. The zero-order chi connectivity index (χ0) is 18.6. The summed E-state index contributed by atoms with van der Waals surface area (Å²) < 4.78 is 1.96. The van der Waals surface area contributed by atoms with Gasteiger partial charge in [-0.15, -0.1) is 0 Å². The Morgan fingerprint density at radius 1 is 1.12 bits per heavy atom. The summed E-state index contributed by atoms with van der Waals surface area (Å²) in [5, 5.41) is 2.25. The maximum atomic E-state index is 2.63. The Morgan fingerprint density at radius 2 is 1.84 bits per heavy atom. The van der Waals surface area contributed by atoms with E-state index in [9.17, 15) is 0 Å². The predicted molar refractivity (Wildman–Crippen MR) is 126 cm³/mol. The van der Waals surface area contributed by atoms with Gasteiger partial charge in [-0.1, -0.05) is 0 Å². The third kappa shape index (κ3) is 5.08. The summed E-state index contributed by atoms with van der Waals surface area (Å²) in [6.07, 6.45) is 8.02. The van der Waals surface area contributed by atoms with Gasteiger partial charge in [-0.3, -0.25) is 0 Å². The van der Waals surface area contributed by atoms with Gasteiger partial charge in [0.25, 0.3) is 0 Å². The molecule has 0 nitrogen and oxygen atoms in total. The van der Waals surface area contributed by atoms with Crippen molar-refractivity contribution < 1.29 is 0 Å². The first-order valence-electron chi connectivity index (χ1n) is 9.90. The van der Waals surface area contributed by atoms with Gasteiger partial charge in [0.1, 0.15) is 0 Å². The first-order chi connectivity index (χ1) is 11.8. The van der Waals surface area contributed by atoms with Gasteiger partial charge in [-0.25, -0.2) is 0 Å². The van der Waals surface area contributed by atoms with E-state index in [2.05, 4.69) is 62.1 Å². The van der Waals surface area contributed by atoms with E-state index < -0.39 is 18.4 Å². The average Bonchev–Trinajstić information content (AvgIpc) is 3.15. The fraction of sp³-hybridized carbons (Fsp3) is 0.619. The van der Waals surface area contributed by atoms with Crippen LogP contribution >= 0.6 is 21.2 Å². The Hall–Kier alpha value is 0.546. The summed E-state index contributed by atoms with van der Waals surface area (Å²) in [5.74, 6) is 0.916. The molecule has 0 radical (unpaired) electrons. The number of hydrogen-bond acceptors (Lipinski definition) is 1. The van der Waals surface area contributed by atoms with Gasteiger partial charge in [0.05, 0.1) is 0 Å². The topological polar surface area (TPSA) is 0 Å². The van der Waals surface area contributed by atoms with Crippen LogP contribution in [0.4, 0.5) is 0 Å². The third-order valence-corrected chi connectivity index (χ3v) is 23.1. The Balaban J connectivity index is 2.43. The number of rotatable bonds is 9. The zero-order valence-electron chi connectivity index (χ0n) is 17.1. The fourth-order valence-corrected chi connectivity index (χ4v) is 28.7. The molecular weight excluding hydrogens is 463 g/mol. The van der Waals surface area contributed by atoms with E-state index in [0.717, 1.165) is 5.92 Å². The van der Waals surface area contributed by atoms with Crippen LogP contribution in [0.1, 0.15) is 64.2 Å². The Morgan fingerprint density at radius 3 is 2.32 bits per heavy atom. The average molecular weight is 499 g/mol. The Labute approximate surface area is 169 Å². The standard InChI is InChI=1S/C18H27S2Si.3CH3.Sn/c1-4-8-14(5-2)10-11-15-13-20(21)18(16(15)6-3)17-9-7-12-19-17;;;;/h7,9,12,14H,4-6,8,10-11,21H2,1-3H3;3*1H3;. The van der Waals surface area contributed by atoms with E-state index in [0.29, 0.717) is 9.89 Å². The second-order valence-electron chi connectivity index (χ2n) is 8.19. The minimum absolute atomic E-state index is 0.363. The molecule has 4 heteroatoms. The van der Waals surface area contributed by atoms with Crippen molar-refractivity contribution in [1.82, 2.24) is 0 Å². The summed E-state index contributed by atoms with van der Waals surface area (Å²) in [4.78, 5) is 11.2. The van der Waals surface area contributed by atoms with E-state index in [1.165, 1.54) is 38.5 Å². The molecule has 0 amide bonds. The van der Waals surface area contributed by atoms with Crippen LogP contribution in [-0.4, -0.2) is 27.3 Å². The zero-order valence-corrected chi connectivity index (χ0v) is 23.0. The van der Waals surface area contributed by atoms with Crippen LogP contribution in [0.25, 0.3) is 4.91 Å². The van der Waals surface area contributed by atoms with Gasteiger partial charge in [-0.2, -0.15) is 0 Å². The van der Waals surface area contributed by atoms with Crippen LogP contribution in [0, 0.1) is 5.92 Å². The molecule has 0 bridgehead atoms. The quantitative estimate of drug-likeness (QED) is 0.310. The SMILES string of the molecule is CCCC(CC)CCC1=[C]([Sn]([CH3])([CH3])[CH3])S(=[SiH2])C(c2cccs2)=C1CC. The molecule has 1 aromatic heterocycles. The van der Waals surface area contributed by atoms with Crippen molar-refractivity contribution in [2.24, 2.45) is 5.92 Å². The molecule has 2 atom stereocenters. The number of allylic oxidation sites excluding steroid dienone is 2. The van der Waals surface area contributed by atoms with Crippen LogP contribution < -0.4 is 0 Å². The van der Waals surface area contributed by atoms with E-state index in [1.54, 1.807) is 15.4 Å². The molecule has 0 spiro atoms. The van der Waals surface area contributed by atoms with Gasteiger partial charge < -0.3 is 0 Å². The Kier molecular flexibility index (Phi) is 8.43. The molecule has 0 aliphatic carbocycles. The molecule has 0 fully saturated rings. The van der Waals surface area contributed by atoms with Gasteiger partial charge in [0.2, 0.25) is 0 Å². The molecule has 0 saturated carbocycles. The number of hydrogen-bond donors (Lipinski definition) is 0. The first-order valence-corrected chi connectivity index (χ1v) is 23.9. The Bertz CT molecular complexity index is 663. The summed E-state index contributed by atoms with van der Waals surface area (Å²) in [6.45, 7) is 7.10. The summed E-state index contributed by atoms with van der Waals surface area (Å²) in [7, 11) is 2.65. The summed E-state index contributed by atoms with van der Waals surface area (Å²) >= 11 is -0.161. The molecule has 0 N–H and O–H groups in total. The molecule has 2 rings (SSSR count). The molecule has 1 aromatic rings. The van der Waals surface area contributed by atoms with Crippen molar-refractivity contribution in [3.63, 3.8) is 0 Å². The first kappa shape index (κ1) is 21.8. The van der Waals surface area contributed by atoms with Crippen molar-refractivity contribution in [3.8, 4) is 0 Å². The molecule has 25 heavy (non-hydrogen) atoms. The second kappa shape index (κ2) is 9.65. The monoisotopic (exact) mass is 500 g/mol. The van der Waals surface area contributed by atoms with Gasteiger partial charge in [-0.05, 0) is 0 Å². The molecular formula is C21H36S2SiSn. The predicted octanol–water partition coefficient (Wildman–Crippen LogP) is 7.44. The second-order valence-corrected chi connectivity index (χ2v) is 27.8. The summed E-state index contributed by atoms with van der Waals surface area (Å²) in [6, 6.07) is 4.58. The van der Waals surface area contributed by atoms with Crippen LogP contribution in [0.3, 0.4) is 0 Å². The fourth-order valence-electron chi connectivity index (χ4n) is 4.12. The molecule has 2 unspecified atom stereocenters. The summed E-state index contributed by atoms with van der Waals surface area (Å²) in [5.41, 5.74) is 3.55. The van der Waals surface area contributed by atoms with Crippen molar-refractivity contribution in [3.05, 3.63) is 36.5 Å². The van der Waals surface area contributed by atoms with Crippen molar-refractivity contribution in [1.29, 1.82) is 0 Å². The van der Waals surface area contributed by atoms with Gasteiger partial charge in [0.15, 0.2) is 0 Å². The molecule has 140 valence electrons. The van der Waals surface area contributed by atoms with E-state index >= 15 is 0 Å². The van der Waals surface area contributed by atoms with Crippen molar-refractivity contribution in [2.75, 3.05) is 0 Å². The van der Waals surface area contributed by atoms with Crippen LogP contribution in [0.15, 0.2) is 31.6 Å². The van der Waals surface area contributed by atoms with Crippen LogP contribution in [-0.2, 0) is 0 Å². The molecule has 0 aromatic carbocycles. The van der Waals surface area contributed by atoms with Gasteiger partial charge >= 0.3 is 170 Å². The van der Waals surface area contributed by atoms with E-state index in [4.69, 9.17) is 0 Å². The van der Waals surface area contributed by atoms with Crippen molar-refractivity contribution in [2.45, 2.75) is 74.1 Å². The van der Waals surface area contributed by atoms with E-state index in [-0.39, 0.29) is 0 Å². The van der Waals surface area contributed by atoms with Crippen molar-refractivity contribution >= 4 is 53.5 Å². The molecule has 1 aliphatic heterocycles. The molecule has 0 saturated heterocycles. The molecule has 1 aliphatic rings. The van der Waals surface area contributed by atoms with Crippen LogP contribution in [0.5, 0.6) is 0 Å². The maximum absolute atomic E-state index is 2.63. The molecule has 2 heterocycles.